The van der Waals surface area contributed by atoms with Gasteiger partial charge in [0.25, 0.3) is 0 Å². The summed E-state index contributed by atoms with van der Waals surface area (Å²) in [6, 6.07) is 5.03. The second-order valence-electron chi connectivity index (χ2n) is 9.18. The summed E-state index contributed by atoms with van der Waals surface area (Å²) in [5, 5.41) is 21.4. The first-order valence-electron chi connectivity index (χ1n) is 12.2. The lowest BCUT2D eigenvalue weighted by atomic mass is 10.1. The van der Waals surface area contributed by atoms with Crippen LogP contribution in [0.2, 0.25) is 0 Å². The van der Waals surface area contributed by atoms with Gasteiger partial charge in [-0.3, -0.25) is 14.8 Å². The number of carboxylic acid groups (broad SMARTS) is 3. The highest BCUT2D eigenvalue weighted by Crippen LogP contribution is 2.27. The maximum Gasteiger partial charge on any atom is 0.490 e. The Kier molecular flexibility index (Phi) is 15.3. The molecule has 0 spiro atoms. The van der Waals surface area contributed by atoms with Crippen molar-refractivity contribution < 1.29 is 69.2 Å². The monoisotopic (exact) mass is 655 g/mol. The molecule has 44 heavy (non-hydrogen) atoms. The van der Waals surface area contributed by atoms with Gasteiger partial charge in [-0.2, -0.15) is 39.5 Å². The first-order valence-corrected chi connectivity index (χ1v) is 12.2. The molecule has 1 atom stereocenters. The summed E-state index contributed by atoms with van der Waals surface area (Å²) in [6.45, 7) is 10.7. The van der Waals surface area contributed by atoms with Crippen LogP contribution < -0.4 is 0 Å². The van der Waals surface area contributed by atoms with Gasteiger partial charge in [-0.1, -0.05) is 6.07 Å². The number of aromatic nitrogens is 3. The maximum atomic E-state index is 10.6. The van der Waals surface area contributed by atoms with Crippen LogP contribution in [-0.2, 0) is 34.0 Å². The molecule has 0 aromatic carbocycles. The topological polar surface area (TPSA) is 149 Å². The van der Waals surface area contributed by atoms with Crippen molar-refractivity contribution in [2.75, 3.05) is 13.6 Å². The summed E-state index contributed by atoms with van der Waals surface area (Å²) in [4.78, 5) is 40.5. The molecule has 1 aliphatic heterocycles. The molecular formula is C24H30F9N5O6. The van der Waals surface area contributed by atoms with Crippen molar-refractivity contribution in [3.8, 4) is 0 Å². The predicted octanol–water partition coefficient (Wildman–Crippen LogP) is 4.60. The summed E-state index contributed by atoms with van der Waals surface area (Å²) in [5.74, 6) is -7.08. The number of pyridine rings is 1. The molecule has 3 rings (SSSR count). The van der Waals surface area contributed by atoms with Gasteiger partial charge in [0.2, 0.25) is 0 Å². The van der Waals surface area contributed by atoms with E-state index in [-0.39, 0.29) is 0 Å². The smallest absolute Gasteiger partial charge is 0.475 e. The van der Waals surface area contributed by atoms with Crippen molar-refractivity contribution in [3.05, 3.63) is 47.8 Å². The number of carboxylic acids is 3. The number of nitrogens with zero attached hydrogens (tertiary/aromatic N) is 5. The molecule has 0 aliphatic carbocycles. The van der Waals surface area contributed by atoms with Gasteiger partial charge < -0.3 is 19.9 Å². The number of rotatable bonds is 5. The van der Waals surface area contributed by atoms with Crippen LogP contribution in [-0.4, -0.2) is 95.7 Å². The first kappa shape index (κ1) is 40.1. The Morgan fingerprint density at radius 3 is 1.73 bits per heavy atom. The van der Waals surface area contributed by atoms with E-state index in [1.807, 2.05) is 18.5 Å². The average Bonchev–Trinajstić information content (AvgIpc) is 3.29. The minimum absolute atomic E-state index is 0.335. The summed E-state index contributed by atoms with van der Waals surface area (Å²) < 4.78 is 97.6. The van der Waals surface area contributed by atoms with Crippen LogP contribution in [0.15, 0.2) is 30.7 Å². The van der Waals surface area contributed by atoms with Crippen molar-refractivity contribution >= 4 is 17.9 Å². The van der Waals surface area contributed by atoms with Crippen molar-refractivity contribution in [2.45, 2.75) is 71.0 Å². The summed E-state index contributed by atoms with van der Waals surface area (Å²) in [5.41, 5.74) is 2.59. The normalized spacial score (nSPS) is 15.1. The Labute approximate surface area is 244 Å². The van der Waals surface area contributed by atoms with Gasteiger partial charge in [0.05, 0.1) is 11.7 Å². The largest absolute Gasteiger partial charge is 0.490 e. The molecule has 0 saturated carbocycles. The summed E-state index contributed by atoms with van der Waals surface area (Å²) in [6.07, 6.45) is -9.41. The highest BCUT2D eigenvalue weighted by atomic mass is 19.4. The molecule has 11 nitrogen and oxygen atoms in total. The Bertz CT molecular complexity index is 1140. The molecule has 0 radical (unpaired) electrons. The van der Waals surface area contributed by atoms with E-state index < -0.39 is 36.4 Å². The molecule has 0 amide bonds. The Balaban J connectivity index is 0.000000721. The van der Waals surface area contributed by atoms with Crippen LogP contribution in [0.5, 0.6) is 0 Å². The second kappa shape index (κ2) is 16.8. The maximum absolute atomic E-state index is 10.6. The number of hydrogen-bond donors (Lipinski definition) is 3. The van der Waals surface area contributed by atoms with Gasteiger partial charge in [0.1, 0.15) is 5.82 Å². The zero-order valence-electron chi connectivity index (χ0n) is 23.6. The number of halogens is 9. The quantitative estimate of drug-likeness (QED) is 0.391. The van der Waals surface area contributed by atoms with Crippen LogP contribution in [0.4, 0.5) is 39.5 Å². The fourth-order valence-corrected chi connectivity index (χ4v) is 3.11. The van der Waals surface area contributed by atoms with E-state index in [4.69, 9.17) is 34.7 Å². The Morgan fingerprint density at radius 1 is 0.909 bits per heavy atom. The molecule has 3 N–H and O–H groups in total. The van der Waals surface area contributed by atoms with Gasteiger partial charge in [-0.25, -0.2) is 19.4 Å². The second-order valence-corrected chi connectivity index (χ2v) is 9.18. The zero-order chi connectivity index (χ0) is 34.6. The van der Waals surface area contributed by atoms with Gasteiger partial charge >= 0.3 is 36.4 Å². The van der Waals surface area contributed by atoms with Crippen molar-refractivity contribution in [3.63, 3.8) is 0 Å². The number of alkyl halides is 9. The van der Waals surface area contributed by atoms with Gasteiger partial charge in [-0.15, -0.1) is 0 Å². The van der Waals surface area contributed by atoms with E-state index in [1.54, 1.807) is 0 Å². The molecule has 1 unspecified atom stereocenters. The Hall–Kier alpha value is -3.94. The van der Waals surface area contributed by atoms with Crippen molar-refractivity contribution in [1.29, 1.82) is 0 Å². The van der Waals surface area contributed by atoms with Gasteiger partial charge in [0.15, 0.2) is 0 Å². The SMILES string of the molecule is CC(C)N(C)Cc1cnc2n1CCN(Cc1cccnc1)C2C.O=C(O)C(F)(F)F.O=C(O)C(F)(F)F.O=C(O)C(F)(F)F. The van der Waals surface area contributed by atoms with E-state index in [2.05, 4.69) is 59.4 Å². The minimum Gasteiger partial charge on any atom is -0.475 e. The van der Waals surface area contributed by atoms with Gasteiger partial charge in [-0.05, 0) is 39.4 Å². The molecule has 0 bridgehead atoms. The molecule has 2 aromatic rings. The standard InChI is InChI=1S/C18H27N5.3C2HF3O2/c1-14(2)21(4)13-17-11-20-18-15(3)22(8-9-23(17)18)12-16-6-5-7-19-10-16;3*3-2(4,5)1(6)7/h5-7,10-11,14-15H,8-9,12-13H2,1-4H3;3*(H,6,7). The van der Waals surface area contributed by atoms with Crippen molar-refractivity contribution in [1.82, 2.24) is 24.3 Å². The third-order valence-electron chi connectivity index (χ3n) is 5.63. The molecule has 0 saturated heterocycles. The van der Waals surface area contributed by atoms with Gasteiger partial charge in [0, 0.05) is 50.8 Å². The zero-order valence-corrected chi connectivity index (χ0v) is 23.6. The minimum atomic E-state index is -5.08. The fourth-order valence-electron chi connectivity index (χ4n) is 3.11. The van der Waals surface area contributed by atoms with Crippen LogP contribution in [0, 0.1) is 0 Å². The third kappa shape index (κ3) is 14.5. The number of imidazole rings is 1. The van der Waals surface area contributed by atoms with E-state index >= 15 is 0 Å². The number of fused-ring (bicyclic) bond motifs is 1. The molecule has 3 heterocycles. The van der Waals surface area contributed by atoms with Crippen molar-refractivity contribution in [2.24, 2.45) is 0 Å². The lowest BCUT2D eigenvalue weighted by Gasteiger charge is -2.34. The predicted molar refractivity (Wildman–Crippen MR) is 133 cm³/mol. The van der Waals surface area contributed by atoms with Crippen LogP contribution in [0.1, 0.15) is 43.9 Å². The lowest BCUT2D eigenvalue weighted by Crippen LogP contribution is -2.37. The molecule has 20 heteroatoms. The molecule has 250 valence electrons. The highest BCUT2D eigenvalue weighted by molar-refractivity contribution is 5.73. The number of aliphatic carboxylic acids is 3. The van der Waals surface area contributed by atoms with E-state index in [0.29, 0.717) is 12.1 Å². The fraction of sp³-hybridized carbons (Fsp3) is 0.542. The van der Waals surface area contributed by atoms with E-state index in [0.717, 1.165) is 26.2 Å². The Morgan fingerprint density at radius 2 is 1.36 bits per heavy atom. The van der Waals surface area contributed by atoms with E-state index in [1.165, 1.54) is 17.1 Å². The summed E-state index contributed by atoms with van der Waals surface area (Å²) in [7, 11) is 2.17. The van der Waals surface area contributed by atoms with Crippen LogP contribution in [0.3, 0.4) is 0 Å². The number of hydrogen-bond acceptors (Lipinski definition) is 7. The average molecular weight is 656 g/mol. The number of carbonyl (C=O) groups is 3. The first-order chi connectivity index (χ1) is 19.9. The molecule has 0 fully saturated rings. The highest BCUT2D eigenvalue weighted by Gasteiger charge is 2.39. The lowest BCUT2D eigenvalue weighted by molar-refractivity contribution is -0.193. The summed E-state index contributed by atoms with van der Waals surface area (Å²) >= 11 is 0. The third-order valence-corrected chi connectivity index (χ3v) is 5.63. The molecule has 2 aromatic heterocycles. The molecular weight excluding hydrogens is 625 g/mol. The van der Waals surface area contributed by atoms with Crippen LogP contribution >= 0.6 is 0 Å². The van der Waals surface area contributed by atoms with E-state index in [9.17, 15) is 39.5 Å². The molecule has 1 aliphatic rings. The van der Waals surface area contributed by atoms with Crippen LogP contribution in [0.25, 0.3) is 0 Å².